The molecule has 1 rings (SSSR count). The standard InChI is InChI=1S/C12H17ClN2O/c1-8-4-5-9(13)6-10(8)15-11(16)7-12(2,3)14/h4-6H,7,14H2,1-3H3,(H,15,16). The Balaban J connectivity index is 2.73. The molecular formula is C12H17ClN2O. The number of hydrogen-bond acceptors (Lipinski definition) is 2. The number of carbonyl (C=O) groups is 1. The number of amides is 1. The Morgan fingerprint density at radius 1 is 1.50 bits per heavy atom. The molecule has 1 amide bonds. The number of carbonyl (C=O) groups excluding carboxylic acids is 1. The van der Waals surface area contributed by atoms with Crippen molar-refractivity contribution in [1.29, 1.82) is 0 Å². The number of nitrogens with two attached hydrogens (primary N) is 1. The number of hydrogen-bond donors (Lipinski definition) is 2. The second-order valence-electron chi connectivity index (χ2n) is 4.67. The van der Waals surface area contributed by atoms with E-state index in [0.29, 0.717) is 5.02 Å². The molecule has 3 nitrogen and oxygen atoms in total. The molecular weight excluding hydrogens is 224 g/mol. The summed E-state index contributed by atoms with van der Waals surface area (Å²) in [6.07, 6.45) is 0.277. The van der Waals surface area contributed by atoms with Gasteiger partial charge in [-0.05, 0) is 38.5 Å². The van der Waals surface area contributed by atoms with Crippen LogP contribution in [-0.4, -0.2) is 11.4 Å². The molecule has 0 aliphatic carbocycles. The van der Waals surface area contributed by atoms with Crippen LogP contribution in [0.5, 0.6) is 0 Å². The number of halogens is 1. The van der Waals surface area contributed by atoms with E-state index < -0.39 is 5.54 Å². The minimum atomic E-state index is -0.503. The van der Waals surface area contributed by atoms with E-state index in [2.05, 4.69) is 5.32 Å². The summed E-state index contributed by atoms with van der Waals surface area (Å²) in [5, 5.41) is 3.41. The maximum atomic E-state index is 11.7. The molecule has 88 valence electrons. The number of aryl methyl sites for hydroxylation is 1. The second-order valence-corrected chi connectivity index (χ2v) is 5.11. The van der Waals surface area contributed by atoms with E-state index in [9.17, 15) is 4.79 Å². The summed E-state index contributed by atoms with van der Waals surface area (Å²) in [5.74, 6) is -0.0992. The van der Waals surface area contributed by atoms with Crippen LogP contribution in [0.2, 0.25) is 5.02 Å². The molecule has 1 aromatic carbocycles. The quantitative estimate of drug-likeness (QED) is 0.854. The van der Waals surface area contributed by atoms with E-state index in [1.165, 1.54) is 0 Å². The van der Waals surface area contributed by atoms with Gasteiger partial charge in [0.25, 0.3) is 0 Å². The SMILES string of the molecule is Cc1ccc(Cl)cc1NC(=O)CC(C)(C)N. The lowest BCUT2D eigenvalue weighted by atomic mass is 10.0. The number of benzene rings is 1. The third kappa shape index (κ3) is 4.21. The summed E-state index contributed by atoms with van der Waals surface area (Å²) < 4.78 is 0. The zero-order valence-corrected chi connectivity index (χ0v) is 10.6. The van der Waals surface area contributed by atoms with Gasteiger partial charge in [-0.2, -0.15) is 0 Å². The Kier molecular flexibility index (Phi) is 3.94. The largest absolute Gasteiger partial charge is 0.326 e. The molecule has 0 unspecified atom stereocenters. The summed E-state index contributed by atoms with van der Waals surface area (Å²) >= 11 is 5.86. The van der Waals surface area contributed by atoms with E-state index in [-0.39, 0.29) is 12.3 Å². The fourth-order valence-electron chi connectivity index (χ4n) is 1.34. The molecule has 16 heavy (non-hydrogen) atoms. The molecule has 0 spiro atoms. The van der Waals surface area contributed by atoms with Gasteiger partial charge in [0.1, 0.15) is 0 Å². The van der Waals surface area contributed by atoms with E-state index in [0.717, 1.165) is 11.3 Å². The van der Waals surface area contributed by atoms with E-state index in [1.807, 2.05) is 26.8 Å². The number of nitrogens with one attached hydrogen (secondary N) is 1. The van der Waals surface area contributed by atoms with E-state index in [4.69, 9.17) is 17.3 Å². The molecule has 0 aromatic heterocycles. The Hall–Kier alpha value is -1.06. The number of rotatable bonds is 3. The molecule has 0 saturated heterocycles. The third-order valence-corrected chi connectivity index (χ3v) is 2.32. The summed E-state index contributed by atoms with van der Waals surface area (Å²) in [6.45, 7) is 5.55. The predicted octanol–water partition coefficient (Wildman–Crippen LogP) is 2.71. The average molecular weight is 241 g/mol. The van der Waals surface area contributed by atoms with Crippen LogP contribution < -0.4 is 11.1 Å². The summed E-state index contributed by atoms with van der Waals surface area (Å²) in [6, 6.07) is 5.39. The van der Waals surface area contributed by atoms with Gasteiger partial charge in [0.15, 0.2) is 0 Å². The third-order valence-electron chi connectivity index (χ3n) is 2.09. The van der Waals surface area contributed by atoms with Crippen molar-refractivity contribution in [3.8, 4) is 0 Å². The van der Waals surface area contributed by atoms with Crippen LogP contribution >= 0.6 is 11.6 Å². The van der Waals surface area contributed by atoms with Gasteiger partial charge in [0.05, 0.1) is 0 Å². The molecule has 0 fully saturated rings. The first kappa shape index (κ1) is 13.0. The topological polar surface area (TPSA) is 55.1 Å². The maximum Gasteiger partial charge on any atom is 0.226 e. The fraction of sp³-hybridized carbons (Fsp3) is 0.417. The molecule has 0 bridgehead atoms. The van der Waals surface area contributed by atoms with Crippen LogP contribution in [0.25, 0.3) is 0 Å². The lowest BCUT2D eigenvalue weighted by molar-refractivity contribution is -0.117. The first-order valence-electron chi connectivity index (χ1n) is 5.13. The van der Waals surface area contributed by atoms with E-state index >= 15 is 0 Å². The van der Waals surface area contributed by atoms with Crippen LogP contribution in [-0.2, 0) is 4.79 Å². The van der Waals surface area contributed by atoms with Crippen molar-refractivity contribution in [3.05, 3.63) is 28.8 Å². The van der Waals surface area contributed by atoms with Gasteiger partial charge in [-0.15, -0.1) is 0 Å². The highest BCUT2D eigenvalue weighted by atomic mass is 35.5. The van der Waals surface area contributed by atoms with Gasteiger partial charge in [-0.3, -0.25) is 4.79 Å². The summed E-state index contributed by atoms with van der Waals surface area (Å²) in [5.41, 5.74) is 6.98. The summed E-state index contributed by atoms with van der Waals surface area (Å²) in [4.78, 5) is 11.7. The molecule has 1 aromatic rings. The van der Waals surface area contributed by atoms with Gasteiger partial charge in [0, 0.05) is 22.7 Å². The minimum Gasteiger partial charge on any atom is -0.326 e. The first-order chi connectivity index (χ1) is 7.28. The molecule has 0 radical (unpaired) electrons. The van der Waals surface area contributed by atoms with Crippen molar-refractivity contribution in [1.82, 2.24) is 0 Å². The zero-order valence-electron chi connectivity index (χ0n) is 9.80. The molecule has 4 heteroatoms. The Labute approximate surface area is 101 Å². The Bertz CT molecular complexity index is 396. The highest BCUT2D eigenvalue weighted by Crippen LogP contribution is 2.20. The van der Waals surface area contributed by atoms with Crippen molar-refractivity contribution < 1.29 is 4.79 Å². The van der Waals surface area contributed by atoms with Crippen molar-refractivity contribution in [3.63, 3.8) is 0 Å². The van der Waals surface area contributed by atoms with Crippen LogP contribution in [0.15, 0.2) is 18.2 Å². The zero-order chi connectivity index (χ0) is 12.3. The monoisotopic (exact) mass is 240 g/mol. The van der Waals surface area contributed by atoms with Crippen molar-refractivity contribution in [2.24, 2.45) is 5.73 Å². The Morgan fingerprint density at radius 3 is 2.69 bits per heavy atom. The molecule has 0 aliphatic rings. The Morgan fingerprint density at radius 2 is 2.12 bits per heavy atom. The van der Waals surface area contributed by atoms with Gasteiger partial charge in [-0.1, -0.05) is 17.7 Å². The highest BCUT2D eigenvalue weighted by Gasteiger charge is 2.16. The lowest BCUT2D eigenvalue weighted by Crippen LogP contribution is -2.36. The highest BCUT2D eigenvalue weighted by molar-refractivity contribution is 6.31. The molecule has 3 N–H and O–H groups in total. The van der Waals surface area contributed by atoms with Crippen molar-refractivity contribution in [2.75, 3.05) is 5.32 Å². The van der Waals surface area contributed by atoms with Crippen LogP contribution in [0.1, 0.15) is 25.8 Å². The molecule has 0 heterocycles. The van der Waals surface area contributed by atoms with Crippen LogP contribution in [0.3, 0.4) is 0 Å². The molecule has 0 atom stereocenters. The van der Waals surface area contributed by atoms with Gasteiger partial charge < -0.3 is 11.1 Å². The summed E-state index contributed by atoms with van der Waals surface area (Å²) in [7, 11) is 0. The first-order valence-corrected chi connectivity index (χ1v) is 5.50. The normalized spacial score (nSPS) is 11.3. The van der Waals surface area contributed by atoms with Crippen LogP contribution in [0.4, 0.5) is 5.69 Å². The van der Waals surface area contributed by atoms with Gasteiger partial charge in [0.2, 0.25) is 5.91 Å². The average Bonchev–Trinajstić information content (AvgIpc) is 2.08. The lowest BCUT2D eigenvalue weighted by Gasteiger charge is -2.18. The fourth-order valence-corrected chi connectivity index (χ4v) is 1.51. The van der Waals surface area contributed by atoms with Crippen molar-refractivity contribution >= 4 is 23.2 Å². The van der Waals surface area contributed by atoms with Crippen LogP contribution in [0, 0.1) is 6.92 Å². The van der Waals surface area contributed by atoms with Gasteiger partial charge >= 0.3 is 0 Å². The molecule has 0 aliphatic heterocycles. The second kappa shape index (κ2) is 4.85. The van der Waals surface area contributed by atoms with Gasteiger partial charge in [-0.25, -0.2) is 0 Å². The maximum absolute atomic E-state index is 11.7. The minimum absolute atomic E-state index is 0.0992. The smallest absolute Gasteiger partial charge is 0.226 e. The molecule has 0 saturated carbocycles. The number of anilines is 1. The predicted molar refractivity (Wildman–Crippen MR) is 67.7 cm³/mol. The van der Waals surface area contributed by atoms with E-state index in [1.54, 1.807) is 12.1 Å². The van der Waals surface area contributed by atoms with Crippen molar-refractivity contribution in [2.45, 2.75) is 32.7 Å².